The fourth-order valence-electron chi connectivity index (χ4n) is 2.55. The van der Waals surface area contributed by atoms with Gasteiger partial charge < -0.3 is 9.31 Å². The van der Waals surface area contributed by atoms with Crippen LogP contribution in [-0.4, -0.2) is 23.3 Å². The number of hydrogen-bond acceptors (Lipinski definition) is 3. The second-order valence-corrected chi connectivity index (χ2v) is 7.09. The molecule has 0 unspecified atom stereocenters. The van der Waals surface area contributed by atoms with E-state index in [0.717, 1.165) is 17.2 Å². The molecule has 1 aliphatic heterocycles. The fourth-order valence-corrected chi connectivity index (χ4v) is 2.55. The van der Waals surface area contributed by atoms with Gasteiger partial charge in [-0.1, -0.05) is 6.07 Å². The van der Waals surface area contributed by atoms with Gasteiger partial charge in [0.25, 0.3) is 0 Å². The molecule has 1 aromatic carbocycles. The van der Waals surface area contributed by atoms with Gasteiger partial charge in [-0.2, -0.15) is 0 Å². The molecule has 1 fully saturated rings. The Hall–Kier alpha value is -2.05. The van der Waals surface area contributed by atoms with Crippen LogP contribution in [-0.2, 0) is 9.31 Å². The van der Waals surface area contributed by atoms with Gasteiger partial charge in [-0.25, -0.2) is 8.78 Å². The number of nitrogens with zero attached hydrogens (tertiary/aromatic N) is 1. The third-order valence-corrected chi connectivity index (χ3v) is 4.78. The Kier molecular flexibility index (Phi) is 4.52. The molecule has 3 nitrogen and oxygen atoms in total. The predicted octanol–water partition coefficient (Wildman–Crippen LogP) is 4.83. The van der Waals surface area contributed by atoms with Gasteiger partial charge in [0.1, 0.15) is 11.5 Å². The first kappa shape index (κ1) is 17.8. The minimum Gasteiger partial charge on any atom is -0.398 e. The minimum atomic E-state index is -1.14. The van der Waals surface area contributed by atoms with Crippen LogP contribution in [0.15, 0.2) is 48.5 Å². The average molecular weight is 343 g/mol. The third-order valence-electron chi connectivity index (χ3n) is 4.78. The summed E-state index contributed by atoms with van der Waals surface area (Å²) in [5.41, 5.74) is -0.177. The van der Waals surface area contributed by atoms with Crippen molar-refractivity contribution in [1.29, 1.82) is 0 Å². The average Bonchev–Trinajstić information content (AvgIpc) is 2.78. The molecule has 0 atom stereocenters. The molecule has 2 aromatic rings. The summed E-state index contributed by atoms with van der Waals surface area (Å²) in [4.78, 5) is 3.96. The van der Waals surface area contributed by atoms with E-state index in [9.17, 15) is 8.78 Å². The van der Waals surface area contributed by atoms with Crippen molar-refractivity contribution in [3.63, 3.8) is 0 Å². The number of pyridine rings is 1. The van der Waals surface area contributed by atoms with Gasteiger partial charge in [-0.05, 0) is 69.2 Å². The molecule has 0 saturated carbocycles. The van der Waals surface area contributed by atoms with Gasteiger partial charge in [-0.15, -0.1) is 0 Å². The third kappa shape index (κ3) is 3.50. The zero-order chi connectivity index (χ0) is 18.2. The van der Waals surface area contributed by atoms with Gasteiger partial charge in [-0.3, -0.25) is 4.98 Å². The van der Waals surface area contributed by atoms with Gasteiger partial charge >= 0.3 is 7.12 Å². The molecule has 1 saturated heterocycles. The van der Waals surface area contributed by atoms with Gasteiger partial charge in [0, 0.05) is 18.0 Å². The number of rotatable bonds is 3. The highest BCUT2D eigenvalue weighted by atomic mass is 19.1. The summed E-state index contributed by atoms with van der Waals surface area (Å²) >= 11 is 0. The van der Waals surface area contributed by atoms with Gasteiger partial charge in [0.2, 0.25) is 0 Å². The molecule has 0 spiro atoms. The van der Waals surface area contributed by atoms with Crippen LogP contribution in [0.1, 0.15) is 33.3 Å². The van der Waals surface area contributed by atoms with Gasteiger partial charge in [0.05, 0.1) is 11.2 Å². The quantitative estimate of drug-likeness (QED) is 0.748. The van der Waals surface area contributed by atoms with E-state index in [-0.39, 0.29) is 5.56 Å². The monoisotopic (exact) mass is 343 g/mol. The Morgan fingerprint density at radius 1 is 1.00 bits per heavy atom. The van der Waals surface area contributed by atoms with E-state index in [4.69, 9.17) is 9.31 Å². The van der Waals surface area contributed by atoms with Crippen LogP contribution in [0.4, 0.5) is 8.78 Å². The number of aromatic nitrogens is 1. The zero-order valence-electron chi connectivity index (χ0n) is 14.7. The number of halogens is 2. The molecular formula is C19H20BF2NO2. The summed E-state index contributed by atoms with van der Waals surface area (Å²) in [6.45, 7) is 7.35. The van der Waals surface area contributed by atoms with E-state index in [1.54, 1.807) is 24.5 Å². The maximum Gasteiger partial charge on any atom is 0.525 e. The highest BCUT2D eigenvalue weighted by Gasteiger charge is 2.53. The Balaban J connectivity index is 1.91. The Morgan fingerprint density at radius 3 is 2.20 bits per heavy atom. The maximum atomic E-state index is 14.6. The lowest BCUT2D eigenvalue weighted by molar-refractivity contribution is 0.00578. The first-order valence-electron chi connectivity index (χ1n) is 8.12. The minimum absolute atomic E-state index is 0.140. The van der Waals surface area contributed by atoms with E-state index in [1.807, 2.05) is 39.8 Å². The molecule has 0 amide bonds. The van der Waals surface area contributed by atoms with E-state index in [2.05, 4.69) is 4.98 Å². The largest absolute Gasteiger partial charge is 0.525 e. The summed E-state index contributed by atoms with van der Waals surface area (Å²) in [5.74, 6) is -0.510. The van der Waals surface area contributed by atoms with Crippen molar-refractivity contribution in [1.82, 2.24) is 4.98 Å². The molecule has 0 bridgehead atoms. The number of benzene rings is 1. The molecule has 1 aliphatic rings. The number of hydrogen-bond donors (Lipinski definition) is 0. The molecule has 0 N–H and O–H groups in total. The smallest absolute Gasteiger partial charge is 0.398 e. The normalized spacial score (nSPS) is 19.3. The molecule has 130 valence electrons. The molecule has 25 heavy (non-hydrogen) atoms. The van der Waals surface area contributed by atoms with E-state index in [1.165, 1.54) is 6.07 Å². The fraction of sp³-hybridized carbons (Fsp3) is 0.316. The van der Waals surface area contributed by atoms with Crippen LogP contribution in [0.3, 0.4) is 0 Å². The summed E-state index contributed by atoms with van der Waals surface area (Å²) < 4.78 is 40.1. The van der Waals surface area contributed by atoms with Crippen LogP contribution in [0.2, 0.25) is 0 Å². The van der Waals surface area contributed by atoms with Crippen LogP contribution in [0, 0.1) is 5.82 Å². The molecular weight excluding hydrogens is 323 g/mol. The molecule has 6 heteroatoms. The molecule has 0 radical (unpaired) electrons. The Bertz CT molecular complexity index is 790. The lowest BCUT2D eigenvalue weighted by Crippen LogP contribution is -2.41. The highest BCUT2D eigenvalue weighted by molar-refractivity contribution is 6.54. The molecule has 3 rings (SSSR count). The van der Waals surface area contributed by atoms with E-state index < -0.39 is 29.9 Å². The molecule has 1 aromatic heterocycles. The van der Waals surface area contributed by atoms with Crippen molar-refractivity contribution < 1.29 is 18.1 Å². The van der Waals surface area contributed by atoms with Crippen LogP contribution >= 0.6 is 0 Å². The lowest BCUT2D eigenvalue weighted by atomic mass is 9.86. The molecule has 2 heterocycles. The topological polar surface area (TPSA) is 31.4 Å². The van der Waals surface area contributed by atoms with Crippen molar-refractivity contribution in [3.8, 4) is 11.1 Å². The highest BCUT2D eigenvalue weighted by Crippen LogP contribution is 2.39. The summed E-state index contributed by atoms with van der Waals surface area (Å²) in [6.07, 6.45) is 4.43. The summed E-state index contributed by atoms with van der Waals surface area (Å²) in [7, 11) is -1.14. The van der Waals surface area contributed by atoms with E-state index >= 15 is 0 Å². The Morgan fingerprint density at radius 2 is 1.60 bits per heavy atom. The second-order valence-electron chi connectivity index (χ2n) is 7.09. The summed E-state index contributed by atoms with van der Waals surface area (Å²) in [6, 6.07) is 8.18. The van der Waals surface area contributed by atoms with Crippen molar-refractivity contribution in [2.75, 3.05) is 0 Å². The first-order valence-corrected chi connectivity index (χ1v) is 8.12. The first-order chi connectivity index (χ1) is 11.7. The zero-order valence-corrected chi connectivity index (χ0v) is 14.7. The van der Waals surface area contributed by atoms with Gasteiger partial charge in [0.15, 0.2) is 0 Å². The standard InChI is InChI=1S/C19H20BF2NO2/c1-18(2)19(3,4)25-20(24-18)17(22)12-15-11-14(5-6-16(15)21)13-7-9-23-10-8-13/h5-12H,1-4H3. The van der Waals surface area contributed by atoms with Crippen molar-refractivity contribution in [3.05, 3.63) is 59.8 Å². The lowest BCUT2D eigenvalue weighted by Gasteiger charge is -2.32. The predicted molar refractivity (Wildman–Crippen MR) is 94.8 cm³/mol. The SMILES string of the molecule is CC1(C)OB(C(F)=Cc2cc(-c3ccncc3)ccc2F)OC1(C)C. The Labute approximate surface area is 146 Å². The van der Waals surface area contributed by atoms with Crippen molar-refractivity contribution in [2.45, 2.75) is 38.9 Å². The molecule has 0 aliphatic carbocycles. The van der Waals surface area contributed by atoms with Crippen LogP contribution in [0.5, 0.6) is 0 Å². The maximum absolute atomic E-state index is 14.6. The van der Waals surface area contributed by atoms with Crippen molar-refractivity contribution >= 4 is 13.2 Å². The van der Waals surface area contributed by atoms with Crippen molar-refractivity contribution in [2.24, 2.45) is 0 Å². The van der Waals surface area contributed by atoms with Crippen LogP contribution in [0.25, 0.3) is 17.2 Å². The second kappa shape index (κ2) is 6.35. The summed E-state index contributed by atoms with van der Waals surface area (Å²) in [5, 5.41) is 0. The van der Waals surface area contributed by atoms with E-state index in [0.29, 0.717) is 0 Å². The van der Waals surface area contributed by atoms with Crippen LogP contribution < -0.4 is 0 Å².